The molecule has 0 aromatic rings. The summed E-state index contributed by atoms with van der Waals surface area (Å²) in [5, 5.41) is 0. The fourth-order valence-corrected chi connectivity index (χ4v) is 1.83. The SMILES string of the molecule is C=CC1=CC=C=CC1=[O+]CC(CC)CCCC. The first-order valence-electron chi connectivity index (χ1n) is 6.57. The van der Waals surface area contributed by atoms with Crippen molar-refractivity contribution in [1.29, 1.82) is 0 Å². The van der Waals surface area contributed by atoms with E-state index in [0.717, 1.165) is 18.0 Å². The maximum atomic E-state index is 5.88. The van der Waals surface area contributed by atoms with Crippen molar-refractivity contribution in [2.75, 3.05) is 6.61 Å². The van der Waals surface area contributed by atoms with E-state index in [2.05, 4.69) is 26.2 Å². The summed E-state index contributed by atoms with van der Waals surface area (Å²) in [6.07, 6.45) is 12.6. The van der Waals surface area contributed by atoms with E-state index in [1.165, 1.54) is 25.7 Å². The second-order valence-corrected chi connectivity index (χ2v) is 4.40. The Hall–Kier alpha value is -1.33. The van der Waals surface area contributed by atoms with E-state index in [1.54, 1.807) is 0 Å². The monoisotopic (exact) mass is 231 g/mol. The van der Waals surface area contributed by atoms with E-state index >= 15 is 0 Å². The van der Waals surface area contributed by atoms with Crippen LogP contribution >= 0.6 is 0 Å². The molecule has 1 heteroatoms. The van der Waals surface area contributed by atoms with Crippen LogP contribution in [0.2, 0.25) is 0 Å². The highest BCUT2D eigenvalue weighted by Gasteiger charge is 2.17. The second-order valence-electron chi connectivity index (χ2n) is 4.40. The lowest BCUT2D eigenvalue weighted by Crippen LogP contribution is -2.11. The van der Waals surface area contributed by atoms with Crippen molar-refractivity contribution in [3.63, 3.8) is 0 Å². The molecule has 0 fully saturated rings. The number of unbranched alkanes of at least 4 members (excludes halogenated alkanes) is 1. The highest BCUT2D eigenvalue weighted by Crippen LogP contribution is 2.13. The maximum absolute atomic E-state index is 5.88. The molecule has 0 saturated carbocycles. The third kappa shape index (κ3) is 4.58. The first kappa shape index (κ1) is 13.7. The molecule has 0 aromatic heterocycles. The normalized spacial score (nSPS) is 18.2. The van der Waals surface area contributed by atoms with Crippen LogP contribution in [0.1, 0.15) is 39.5 Å². The molecular weight excluding hydrogens is 208 g/mol. The standard InChI is InChI=1S/C16H23O/c1-4-7-10-14(5-2)13-17-16-12-9-8-11-15(16)6-3/h6,8,11-12,14H,3-5,7,10,13H2,1-2H3/q+1. The Kier molecular flexibility index (Phi) is 6.35. The second kappa shape index (κ2) is 7.86. The van der Waals surface area contributed by atoms with E-state index < -0.39 is 0 Å². The van der Waals surface area contributed by atoms with Gasteiger partial charge in [-0.15, -0.1) is 5.73 Å². The molecule has 1 aliphatic rings. The molecule has 1 nitrogen and oxygen atoms in total. The lowest BCUT2D eigenvalue weighted by molar-refractivity contribution is -0.465. The molecule has 0 radical (unpaired) electrons. The van der Waals surface area contributed by atoms with Crippen LogP contribution in [0.15, 0.2) is 42.2 Å². The maximum Gasteiger partial charge on any atom is 0.358 e. The Morgan fingerprint density at radius 3 is 2.94 bits per heavy atom. The van der Waals surface area contributed by atoms with Crippen LogP contribution in [0.3, 0.4) is 0 Å². The first-order valence-corrected chi connectivity index (χ1v) is 6.57. The third-order valence-electron chi connectivity index (χ3n) is 3.10. The van der Waals surface area contributed by atoms with Gasteiger partial charge in [-0.1, -0.05) is 39.3 Å². The smallest absolute Gasteiger partial charge is 0.253 e. The molecule has 0 saturated heterocycles. The van der Waals surface area contributed by atoms with Crippen LogP contribution in [0.25, 0.3) is 0 Å². The van der Waals surface area contributed by atoms with Gasteiger partial charge in [0.25, 0.3) is 6.61 Å². The predicted octanol–water partition coefficient (Wildman–Crippen LogP) is 4.14. The van der Waals surface area contributed by atoms with E-state index in [0.29, 0.717) is 5.92 Å². The molecule has 0 aliphatic heterocycles. The molecule has 0 amide bonds. The van der Waals surface area contributed by atoms with Gasteiger partial charge in [-0.05, 0) is 25.0 Å². The van der Waals surface area contributed by atoms with Gasteiger partial charge in [-0.2, -0.15) is 0 Å². The molecule has 1 unspecified atom stereocenters. The average molecular weight is 231 g/mol. The van der Waals surface area contributed by atoms with Gasteiger partial charge in [0.1, 0.15) is 0 Å². The van der Waals surface area contributed by atoms with E-state index in [-0.39, 0.29) is 0 Å². The molecule has 1 rings (SSSR count). The van der Waals surface area contributed by atoms with E-state index in [9.17, 15) is 0 Å². The molecule has 92 valence electrons. The number of rotatable bonds is 7. The van der Waals surface area contributed by atoms with Crippen molar-refractivity contribution in [2.45, 2.75) is 39.5 Å². The van der Waals surface area contributed by atoms with Gasteiger partial charge in [-0.3, -0.25) is 4.42 Å². The topological polar surface area (TPSA) is 11.3 Å². The number of hydrogen-bond donors (Lipinski definition) is 0. The zero-order chi connectivity index (χ0) is 12.5. The van der Waals surface area contributed by atoms with Crippen LogP contribution in [0.4, 0.5) is 0 Å². The largest absolute Gasteiger partial charge is 0.358 e. The molecule has 0 aromatic carbocycles. The van der Waals surface area contributed by atoms with Gasteiger partial charge in [0.05, 0.1) is 11.6 Å². The van der Waals surface area contributed by atoms with Crippen LogP contribution in [0.5, 0.6) is 0 Å². The highest BCUT2D eigenvalue weighted by molar-refractivity contribution is 6.07. The molecule has 0 bridgehead atoms. The summed E-state index contributed by atoms with van der Waals surface area (Å²) < 4.78 is 5.88. The van der Waals surface area contributed by atoms with Gasteiger partial charge in [-0.25, -0.2) is 0 Å². The predicted molar refractivity (Wildman–Crippen MR) is 74.1 cm³/mol. The van der Waals surface area contributed by atoms with Crippen LogP contribution in [-0.4, -0.2) is 12.4 Å². The van der Waals surface area contributed by atoms with E-state index in [1.807, 2.05) is 24.3 Å². The number of carbonyl (C=O) groups excluding carboxylic acids is 1. The van der Waals surface area contributed by atoms with Gasteiger partial charge < -0.3 is 0 Å². The summed E-state index contributed by atoms with van der Waals surface area (Å²) in [5.41, 5.74) is 4.10. The van der Waals surface area contributed by atoms with Crippen LogP contribution < -0.4 is 0 Å². The molecular formula is C16H23O+. The van der Waals surface area contributed by atoms with Crippen molar-refractivity contribution in [3.8, 4) is 0 Å². The molecule has 17 heavy (non-hydrogen) atoms. The zero-order valence-corrected chi connectivity index (χ0v) is 11.0. The number of ketones is 1. The molecule has 1 aliphatic carbocycles. The van der Waals surface area contributed by atoms with Crippen molar-refractivity contribution >= 4 is 5.78 Å². The number of hydrogen-bond acceptors (Lipinski definition) is 0. The molecule has 1 atom stereocenters. The van der Waals surface area contributed by atoms with Crippen LogP contribution in [-0.2, 0) is 4.42 Å². The Bertz CT molecular complexity index is 365. The lowest BCUT2D eigenvalue weighted by atomic mass is 10.0. The van der Waals surface area contributed by atoms with Crippen molar-refractivity contribution in [1.82, 2.24) is 0 Å². The van der Waals surface area contributed by atoms with Gasteiger partial charge >= 0.3 is 5.78 Å². The summed E-state index contributed by atoms with van der Waals surface area (Å²) in [4.78, 5) is 0. The van der Waals surface area contributed by atoms with Crippen molar-refractivity contribution in [2.24, 2.45) is 5.92 Å². The third-order valence-corrected chi connectivity index (χ3v) is 3.10. The minimum Gasteiger partial charge on any atom is -0.253 e. The molecule has 0 spiro atoms. The minimum absolute atomic E-state index is 0.660. The van der Waals surface area contributed by atoms with Gasteiger partial charge in [0.2, 0.25) is 0 Å². The first-order chi connectivity index (χ1) is 8.31. The lowest BCUT2D eigenvalue weighted by Gasteiger charge is -2.05. The quantitative estimate of drug-likeness (QED) is 0.461. The average Bonchev–Trinajstić information content (AvgIpc) is 2.39. The van der Waals surface area contributed by atoms with Crippen LogP contribution in [0, 0.1) is 5.92 Å². The Morgan fingerprint density at radius 1 is 1.47 bits per heavy atom. The highest BCUT2D eigenvalue weighted by atomic mass is 16.4. The summed E-state index contributed by atoms with van der Waals surface area (Å²) in [6, 6.07) is 0. The Morgan fingerprint density at radius 2 is 2.29 bits per heavy atom. The Labute approximate surface area is 105 Å². The fourth-order valence-electron chi connectivity index (χ4n) is 1.83. The van der Waals surface area contributed by atoms with Gasteiger partial charge in [0.15, 0.2) is 0 Å². The summed E-state index contributed by atoms with van der Waals surface area (Å²) in [6.45, 7) is 9.06. The summed E-state index contributed by atoms with van der Waals surface area (Å²) >= 11 is 0. The minimum atomic E-state index is 0.660. The summed E-state index contributed by atoms with van der Waals surface area (Å²) in [5.74, 6) is 1.56. The zero-order valence-electron chi connectivity index (χ0n) is 11.0. The number of allylic oxidation sites excluding steroid dienone is 4. The van der Waals surface area contributed by atoms with E-state index in [4.69, 9.17) is 4.42 Å². The van der Waals surface area contributed by atoms with Crippen molar-refractivity contribution < 1.29 is 4.42 Å². The van der Waals surface area contributed by atoms with Gasteiger partial charge in [0, 0.05) is 5.92 Å². The Balaban J connectivity index is 2.59. The summed E-state index contributed by atoms with van der Waals surface area (Å²) in [7, 11) is 0. The molecule has 0 N–H and O–H groups in total. The van der Waals surface area contributed by atoms with Crippen molar-refractivity contribution in [3.05, 3.63) is 42.2 Å². The molecule has 0 heterocycles. The fraction of sp³-hybridized carbons (Fsp3) is 0.500.